The lowest BCUT2D eigenvalue weighted by atomic mass is 10.2. The molecule has 2 atom stereocenters. The molecule has 0 saturated carbocycles. The number of anilines is 1. The van der Waals surface area contributed by atoms with Crippen LogP contribution in [0.4, 0.5) is 5.95 Å². The number of nitrogens with zero attached hydrogens (tertiary/aromatic N) is 6. The fourth-order valence-corrected chi connectivity index (χ4v) is 4.64. The predicted octanol–water partition coefficient (Wildman–Crippen LogP) is 3.46. The Balaban J connectivity index is 1.67. The molecule has 11 nitrogen and oxygen atoms in total. The Morgan fingerprint density at radius 1 is 1.21 bits per heavy atom. The van der Waals surface area contributed by atoms with Gasteiger partial charge in [0.05, 0.1) is 10.4 Å². The quantitative estimate of drug-likeness (QED) is 0.373. The maximum atomic E-state index is 13.2. The van der Waals surface area contributed by atoms with Crippen LogP contribution in [0.2, 0.25) is 5.02 Å². The molecule has 174 valence electrons. The second-order valence-corrected chi connectivity index (χ2v) is 9.77. The van der Waals surface area contributed by atoms with Crippen LogP contribution in [0.3, 0.4) is 0 Å². The summed E-state index contributed by atoms with van der Waals surface area (Å²) >= 11 is 5.84. The number of methoxy groups -OCH3 is 1. The smallest absolute Gasteiger partial charge is 0.240 e. The van der Waals surface area contributed by atoms with Crippen molar-refractivity contribution < 1.29 is 17.7 Å². The van der Waals surface area contributed by atoms with Crippen molar-refractivity contribution in [2.45, 2.75) is 38.2 Å². The summed E-state index contributed by atoms with van der Waals surface area (Å²) in [6.07, 6.45) is 2.55. The van der Waals surface area contributed by atoms with Crippen molar-refractivity contribution in [2.24, 2.45) is 0 Å². The molecule has 1 N–H and O–H groups in total. The molecule has 4 rings (SSSR count). The number of benzene rings is 1. The molecule has 0 aliphatic carbocycles. The molecule has 0 fully saturated rings. The standard InChI is InChI=1S/C20H22ClN7O4S/c1-4-9-28-19(16-14-7-5-6-8-15(14)32-26-16)24-25-20(28)27-33(29,30)12(2)17(31-3)18-22-10-13(21)11-23-18/h5-8,10-12,17H,4,9H2,1-3H3,(H,25,27)/t12-,17-/m0/s1. The minimum atomic E-state index is -3.98. The molecule has 4 aromatic rings. The molecular formula is C20H22ClN7O4S. The van der Waals surface area contributed by atoms with E-state index in [4.69, 9.17) is 20.9 Å². The summed E-state index contributed by atoms with van der Waals surface area (Å²) in [7, 11) is -2.59. The van der Waals surface area contributed by atoms with Gasteiger partial charge >= 0.3 is 0 Å². The van der Waals surface area contributed by atoms with Crippen molar-refractivity contribution in [3.63, 3.8) is 0 Å². The van der Waals surface area contributed by atoms with E-state index in [2.05, 4.69) is 30.0 Å². The number of para-hydroxylation sites is 1. The lowest BCUT2D eigenvalue weighted by Gasteiger charge is -2.22. The largest absolute Gasteiger partial charge is 0.372 e. The number of fused-ring (bicyclic) bond motifs is 1. The first kappa shape index (κ1) is 23.1. The minimum absolute atomic E-state index is 0.0673. The molecule has 0 amide bonds. The van der Waals surface area contributed by atoms with Gasteiger partial charge in [-0.05, 0) is 25.5 Å². The zero-order valence-corrected chi connectivity index (χ0v) is 19.7. The molecule has 1 aromatic carbocycles. The van der Waals surface area contributed by atoms with E-state index in [0.717, 1.165) is 5.39 Å². The van der Waals surface area contributed by atoms with Gasteiger partial charge in [0.1, 0.15) is 11.4 Å². The topological polar surface area (TPSA) is 138 Å². The third kappa shape index (κ3) is 4.54. The fraction of sp³-hybridized carbons (Fsp3) is 0.350. The van der Waals surface area contributed by atoms with Crippen molar-refractivity contribution in [1.82, 2.24) is 29.9 Å². The second-order valence-electron chi connectivity index (χ2n) is 7.29. The van der Waals surface area contributed by atoms with E-state index in [1.54, 1.807) is 10.6 Å². The van der Waals surface area contributed by atoms with Gasteiger partial charge in [-0.2, -0.15) is 0 Å². The summed E-state index contributed by atoms with van der Waals surface area (Å²) in [5, 5.41) is 12.4. The Hall–Kier alpha value is -3.09. The monoisotopic (exact) mass is 491 g/mol. The van der Waals surface area contributed by atoms with Crippen LogP contribution in [0, 0.1) is 0 Å². The van der Waals surface area contributed by atoms with Crippen LogP contribution >= 0.6 is 11.6 Å². The third-order valence-corrected chi connectivity index (χ3v) is 6.97. The number of hydrogen-bond acceptors (Lipinski definition) is 9. The summed E-state index contributed by atoms with van der Waals surface area (Å²) in [5.74, 6) is 0.665. The average molecular weight is 492 g/mol. The molecule has 0 aliphatic heterocycles. The zero-order chi connectivity index (χ0) is 23.6. The van der Waals surface area contributed by atoms with E-state index in [-0.39, 0.29) is 11.8 Å². The SMILES string of the molecule is CCCn1c(NS(=O)(=O)[C@@H](C)[C@H](OC)c2ncc(Cl)cn2)nnc1-c1noc2ccccc12. The van der Waals surface area contributed by atoms with Gasteiger partial charge < -0.3 is 9.26 Å². The van der Waals surface area contributed by atoms with Crippen LogP contribution in [0.15, 0.2) is 41.2 Å². The van der Waals surface area contributed by atoms with Crippen molar-refractivity contribution in [3.8, 4) is 11.5 Å². The molecule has 0 unspecified atom stereocenters. The highest BCUT2D eigenvalue weighted by molar-refractivity contribution is 7.93. The normalized spacial score (nSPS) is 13.8. The van der Waals surface area contributed by atoms with E-state index >= 15 is 0 Å². The number of halogens is 1. The van der Waals surface area contributed by atoms with Crippen LogP contribution in [-0.4, -0.2) is 50.7 Å². The van der Waals surface area contributed by atoms with Gasteiger partial charge in [0.2, 0.25) is 16.0 Å². The van der Waals surface area contributed by atoms with E-state index in [0.29, 0.717) is 35.1 Å². The third-order valence-electron chi connectivity index (χ3n) is 5.09. The summed E-state index contributed by atoms with van der Waals surface area (Å²) in [5.41, 5.74) is 1.08. The number of rotatable bonds is 9. The Kier molecular flexibility index (Phi) is 6.58. The lowest BCUT2D eigenvalue weighted by Crippen LogP contribution is -2.33. The van der Waals surface area contributed by atoms with Crippen molar-refractivity contribution in [1.29, 1.82) is 0 Å². The molecule has 0 bridgehead atoms. The van der Waals surface area contributed by atoms with Crippen molar-refractivity contribution in [3.05, 3.63) is 47.5 Å². The number of ether oxygens (including phenoxy) is 1. The molecule has 0 spiro atoms. The molecule has 33 heavy (non-hydrogen) atoms. The highest BCUT2D eigenvalue weighted by Crippen LogP contribution is 2.30. The van der Waals surface area contributed by atoms with Gasteiger partial charge in [0.25, 0.3) is 0 Å². The lowest BCUT2D eigenvalue weighted by molar-refractivity contribution is 0.0950. The van der Waals surface area contributed by atoms with Gasteiger partial charge in [-0.15, -0.1) is 10.2 Å². The summed E-state index contributed by atoms with van der Waals surface area (Å²) in [6.45, 7) is 3.93. The van der Waals surface area contributed by atoms with E-state index in [1.165, 1.54) is 26.4 Å². The second kappa shape index (κ2) is 9.41. The Morgan fingerprint density at radius 3 is 2.64 bits per heavy atom. The van der Waals surface area contributed by atoms with Crippen LogP contribution < -0.4 is 4.72 Å². The van der Waals surface area contributed by atoms with Crippen LogP contribution in [0.25, 0.3) is 22.5 Å². The van der Waals surface area contributed by atoms with E-state index in [9.17, 15) is 8.42 Å². The molecule has 13 heteroatoms. The minimum Gasteiger partial charge on any atom is -0.372 e. The number of nitrogens with one attached hydrogen (secondary N) is 1. The number of sulfonamides is 1. The first-order valence-electron chi connectivity index (χ1n) is 10.2. The van der Waals surface area contributed by atoms with Gasteiger partial charge in [-0.1, -0.05) is 35.8 Å². The molecule has 0 saturated heterocycles. The van der Waals surface area contributed by atoms with Crippen LogP contribution in [0.5, 0.6) is 0 Å². The van der Waals surface area contributed by atoms with Crippen LogP contribution in [0.1, 0.15) is 32.2 Å². The maximum Gasteiger partial charge on any atom is 0.240 e. The summed E-state index contributed by atoms with van der Waals surface area (Å²) in [4.78, 5) is 8.19. The maximum absolute atomic E-state index is 13.2. The van der Waals surface area contributed by atoms with Gasteiger partial charge in [0, 0.05) is 26.0 Å². The fourth-order valence-electron chi connectivity index (χ4n) is 3.40. The van der Waals surface area contributed by atoms with Gasteiger partial charge in [-0.3, -0.25) is 9.29 Å². The summed E-state index contributed by atoms with van der Waals surface area (Å²) in [6, 6.07) is 7.35. The Bertz CT molecular complexity index is 1350. The van der Waals surface area contributed by atoms with Gasteiger partial charge in [-0.25, -0.2) is 18.4 Å². The number of aromatic nitrogens is 6. The first-order chi connectivity index (χ1) is 15.9. The Morgan fingerprint density at radius 2 is 1.94 bits per heavy atom. The number of hydrogen-bond donors (Lipinski definition) is 1. The Labute approximate surface area is 195 Å². The molecule has 0 radical (unpaired) electrons. The highest BCUT2D eigenvalue weighted by atomic mass is 35.5. The average Bonchev–Trinajstić information content (AvgIpc) is 3.39. The van der Waals surface area contributed by atoms with Gasteiger partial charge in [0.15, 0.2) is 22.9 Å². The first-order valence-corrected chi connectivity index (χ1v) is 12.1. The zero-order valence-electron chi connectivity index (χ0n) is 18.1. The van der Waals surface area contributed by atoms with Crippen LogP contribution in [-0.2, 0) is 21.3 Å². The van der Waals surface area contributed by atoms with E-state index in [1.807, 2.05) is 25.1 Å². The highest BCUT2D eigenvalue weighted by Gasteiger charge is 2.34. The van der Waals surface area contributed by atoms with Crippen molar-refractivity contribution in [2.75, 3.05) is 11.8 Å². The molecule has 0 aliphatic rings. The molecule has 3 heterocycles. The predicted molar refractivity (Wildman–Crippen MR) is 122 cm³/mol. The molecule has 3 aromatic heterocycles. The van der Waals surface area contributed by atoms with Crippen molar-refractivity contribution >= 4 is 38.5 Å². The van der Waals surface area contributed by atoms with E-state index < -0.39 is 21.4 Å². The molecular weight excluding hydrogens is 470 g/mol. The summed E-state index contributed by atoms with van der Waals surface area (Å²) < 4.78 is 41.4.